The quantitative estimate of drug-likeness (QED) is 0.557. The van der Waals surface area contributed by atoms with Crippen molar-refractivity contribution in [2.45, 2.75) is 4.90 Å². The van der Waals surface area contributed by atoms with Gasteiger partial charge in [-0.1, -0.05) is 0 Å². The third-order valence-electron chi connectivity index (χ3n) is 4.02. The molecule has 1 aliphatic heterocycles. The maximum absolute atomic E-state index is 12.6. The van der Waals surface area contributed by atoms with Crippen LogP contribution < -0.4 is 20.3 Å². The fourth-order valence-corrected chi connectivity index (χ4v) is 4.02. The molecule has 0 aliphatic carbocycles. The Morgan fingerprint density at radius 2 is 1.80 bits per heavy atom. The Labute approximate surface area is 147 Å². The van der Waals surface area contributed by atoms with Crippen LogP contribution in [0.5, 0.6) is 5.75 Å². The second kappa shape index (κ2) is 8.28. The highest BCUT2D eigenvalue weighted by Crippen LogP contribution is 2.19. The summed E-state index contributed by atoms with van der Waals surface area (Å²) < 4.78 is 31.7. The van der Waals surface area contributed by atoms with Gasteiger partial charge in [-0.2, -0.15) is 4.31 Å². The Bertz CT molecular complexity index is 712. The number of imide groups is 1. The summed E-state index contributed by atoms with van der Waals surface area (Å²) in [7, 11) is -0.614. The minimum absolute atomic E-state index is 0.129. The maximum atomic E-state index is 12.6. The van der Waals surface area contributed by atoms with Crippen molar-refractivity contribution in [3.05, 3.63) is 24.3 Å². The summed E-state index contributed by atoms with van der Waals surface area (Å²) in [5, 5.41) is 4.51. The highest BCUT2D eigenvalue weighted by atomic mass is 32.2. The van der Waals surface area contributed by atoms with E-state index in [9.17, 15) is 18.0 Å². The third kappa shape index (κ3) is 4.91. The average molecular weight is 371 g/mol. The number of rotatable bonds is 5. The van der Waals surface area contributed by atoms with Gasteiger partial charge < -0.3 is 15.0 Å². The molecule has 1 aromatic carbocycles. The predicted octanol–water partition coefficient (Wildman–Crippen LogP) is -1.96. The number of quaternary nitrogens is 1. The highest BCUT2D eigenvalue weighted by molar-refractivity contribution is 7.89. The first-order chi connectivity index (χ1) is 11.9. The lowest BCUT2D eigenvalue weighted by atomic mass is 10.3. The molecule has 0 saturated carbocycles. The topological polar surface area (TPSA) is 109 Å². The van der Waals surface area contributed by atoms with E-state index in [2.05, 4.69) is 10.6 Å². The van der Waals surface area contributed by atoms with E-state index in [0.29, 0.717) is 31.9 Å². The lowest BCUT2D eigenvalue weighted by molar-refractivity contribution is -0.895. The van der Waals surface area contributed by atoms with E-state index in [-0.39, 0.29) is 17.3 Å². The minimum Gasteiger partial charge on any atom is -0.497 e. The Morgan fingerprint density at radius 3 is 2.32 bits per heavy atom. The first-order valence-electron chi connectivity index (χ1n) is 7.86. The number of carbonyl (C=O) groups excluding carboxylic acids is 2. The van der Waals surface area contributed by atoms with Gasteiger partial charge in [0.2, 0.25) is 10.0 Å². The lowest BCUT2D eigenvalue weighted by Crippen LogP contribution is -3.15. The van der Waals surface area contributed by atoms with Gasteiger partial charge >= 0.3 is 6.03 Å². The molecule has 1 heterocycles. The SMILES string of the molecule is CNC(=O)NC(=O)C[NH+]1CCN(S(=O)(=O)c2ccc(OC)cc2)CC1. The predicted molar refractivity (Wildman–Crippen MR) is 89.9 cm³/mol. The average Bonchev–Trinajstić information content (AvgIpc) is 2.62. The van der Waals surface area contributed by atoms with Gasteiger partial charge in [0.1, 0.15) is 5.75 Å². The van der Waals surface area contributed by atoms with Crippen LogP contribution in [0.3, 0.4) is 0 Å². The van der Waals surface area contributed by atoms with Crippen molar-refractivity contribution in [2.75, 3.05) is 46.9 Å². The van der Waals surface area contributed by atoms with Crippen molar-refractivity contribution in [2.24, 2.45) is 0 Å². The Balaban J connectivity index is 1.92. The van der Waals surface area contributed by atoms with Crippen LogP contribution >= 0.6 is 0 Å². The number of piperazine rings is 1. The molecule has 1 aliphatic rings. The van der Waals surface area contributed by atoms with Gasteiger partial charge in [0.15, 0.2) is 6.54 Å². The molecule has 1 saturated heterocycles. The number of amides is 3. The van der Waals surface area contributed by atoms with Gasteiger partial charge in [-0.15, -0.1) is 0 Å². The number of benzene rings is 1. The van der Waals surface area contributed by atoms with Crippen LogP contribution in [0.2, 0.25) is 0 Å². The van der Waals surface area contributed by atoms with Crippen molar-refractivity contribution in [1.82, 2.24) is 14.9 Å². The molecule has 1 fully saturated rings. The Morgan fingerprint density at radius 1 is 1.20 bits per heavy atom. The number of carbonyl (C=O) groups is 2. The normalized spacial score (nSPS) is 16.2. The van der Waals surface area contributed by atoms with Crippen LogP contribution in [0.15, 0.2) is 29.2 Å². The van der Waals surface area contributed by atoms with E-state index in [1.165, 1.54) is 30.6 Å². The second-order valence-corrected chi connectivity index (χ2v) is 7.57. The molecule has 0 aromatic heterocycles. The number of hydrogen-bond acceptors (Lipinski definition) is 5. The zero-order valence-corrected chi connectivity index (χ0v) is 15.1. The number of hydrogen-bond donors (Lipinski definition) is 3. The standard InChI is InChI=1S/C15H22N4O5S/c1-16-15(21)17-14(20)11-18-7-9-19(10-8-18)25(22,23)13-5-3-12(24-2)4-6-13/h3-6H,7-11H2,1-2H3,(H2,16,17,20,21)/p+1. The van der Waals surface area contributed by atoms with E-state index in [4.69, 9.17) is 4.74 Å². The van der Waals surface area contributed by atoms with Gasteiger partial charge in [0, 0.05) is 7.05 Å². The summed E-state index contributed by atoms with van der Waals surface area (Å²) in [6, 6.07) is 5.70. The molecule has 1 aromatic rings. The number of sulfonamides is 1. The summed E-state index contributed by atoms with van der Waals surface area (Å²) >= 11 is 0. The van der Waals surface area contributed by atoms with E-state index >= 15 is 0 Å². The van der Waals surface area contributed by atoms with Gasteiger partial charge in [0.25, 0.3) is 5.91 Å². The van der Waals surface area contributed by atoms with Crippen molar-refractivity contribution < 1.29 is 27.6 Å². The molecule has 9 nitrogen and oxygen atoms in total. The fourth-order valence-electron chi connectivity index (χ4n) is 2.58. The summed E-state index contributed by atoms with van der Waals surface area (Å²) in [5.41, 5.74) is 0. The van der Waals surface area contributed by atoms with Gasteiger partial charge in [-0.05, 0) is 24.3 Å². The largest absolute Gasteiger partial charge is 0.497 e. The molecule has 0 atom stereocenters. The molecule has 138 valence electrons. The molecule has 3 amide bonds. The molecular formula is C15H23N4O5S+. The molecule has 0 radical (unpaired) electrons. The van der Waals surface area contributed by atoms with Crippen LogP contribution in [0.1, 0.15) is 0 Å². The number of urea groups is 1. The number of nitrogens with one attached hydrogen (secondary N) is 3. The van der Waals surface area contributed by atoms with Crippen LogP contribution in [0, 0.1) is 0 Å². The number of ether oxygens (including phenoxy) is 1. The van der Waals surface area contributed by atoms with E-state index in [1.54, 1.807) is 12.1 Å². The summed E-state index contributed by atoms with van der Waals surface area (Å²) in [4.78, 5) is 24.0. The fraction of sp³-hybridized carbons (Fsp3) is 0.467. The van der Waals surface area contributed by atoms with Gasteiger partial charge in [-0.3, -0.25) is 10.1 Å². The van der Waals surface area contributed by atoms with Crippen molar-refractivity contribution in [3.8, 4) is 5.75 Å². The monoisotopic (exact) mass is 371 g/mol. The third-order valence-corrected chi connectivity index (χ3v) is 5.93. The second-order valence-electron chi connectivity index (χ2n) is 5.63. The van der Waals surface area contributed by atoms with Crippen LogP contribution in [0.4, 0.5) is 4.79 Å². The molecule has 0 bridgehead atoms. The molecule has 2 rings (SSSR count). The van der Waals surface area contributed by atoms with E-state index < -0.39 is 16.1 Å². The molecule has 3 N–H and O–H groups in total. The van der Waals surface area contributed by atoms with Crippen molar-refractivity contribution in [3.63, 3.8) is 0 Å². The lowest BCUT2D eigenvalue weighted by Gasteiger charge is -2.31. The van der Waals surface area contributed by atoms with Gasteiger partial charge in [0.05, 0.1) is 38.2 Å². The zero-order valence-electron chi connectivity index (χ0n) is 14.2. The van der Waals surface area contributed by atoms with Crippen LogP contribution in [0.25, 0.3) is 0 Å². The molecule has 25 heavy (non-hydrogen) atoms. The van der Waals surface area contributed by atoms with Crippen molar-refractivity contribution >= 4 is 22.0 Å². The first kappa shape index (κ1) is 19.2. The number of nitrogens with zero attached hydrogens (tertiary/aromatic N) is 1. The number of methoxy groups -OCH3 is 1. The Hall–Kier alpha value is -2.17. The van der Waals surface area contributed by atoms with Crippen LogP contribution in [-0.2, 0) is 14.8 Å². The first-order valence-corrected chi connectivity index (χ1v) is 9.30. The van der Waals surface area contributed by atoms with E-state index in [0.717, 1.165) is 4.90 Å². The Kier molecular flexibility index (Phi) is 6.34. The smallest absolute Gasteiger partial charge is 0.321 e. The highest BCUT2D eigenvalue weighted by Gasteiger charge is 2.31. The van der Waals surface area contributed by atoms with Gasteiger partial charge in [-0.25, -0.2) is 13.2 Å². The zero-order chi connectivity index (χ0) is 18.4. The summed E-state index contributed by atoms with van der Waals surface area (Å²) in [6.07, 6.45) is 0. The summed E-state index contributed by atoms with van der Waals surface area (Å²) in [5.74, 6) is 0.205. The molecule has 10 heteroatoms. The summed E-state index contributed by atoms with van der Waals surface area (Å²) in [6.45, 7) is 1.75. The van der Waals surface area contributed by atoms with E-state index in [1.807, 2.05) is 0 Å². The molecule has 0 spiro atoms. The minimum atomic E-state index is -3.56. The molecule has 0 unspecified atom stereocenters. The molecular weight excluding hydrogens is 348 g/mol. The maximum Gasteiger partial charge on any atom is 0.321 e. The van der Waals surface area contributed by atoms with Crippen LogP contribution in [-0.4, -0.2) is 71.5 Å². The van der Waals surface area contributed by atoms with Crippen molar-refractivity contribution in [1.29, 1.82) is 0 Å².